The first-order valence-electron chi connectivity index (χ1n) is 8.50. The maximum absolute atomic E-state index is 11.7. The van der Waals surface area contributed by atoms with Crippen molar-refractivity contribution in [2.45, 2.75) is 44.9 Å². The standard InChI is InChI=1S/C17H22N4OS/c18-13-12-10-6-2-3-7-11(10)16(21-8-4-1-5-9-21)20-17(12)23-14(13)15(19)22/h1-9,18H2,(H2,19,22)/p+1. The normalized spacial score (nSPS) is 18.2. The lowest BCUT2D eigenvalue weighted by Gasteiger charge is -2.26. The van der Waals surface area contributed by atoms with Gasteiger partial charge < -0.3 is 11.5 Å². The molecule has 0 saturated carbocycles. The first kappa shape index (κ1) is 14.8. The highest BCUT2D eigenvalue weighted by molar-refractivity contribution is 7.20. The number of amides is 1. The zero-order valence-electron chi connectivity index (χ0n) is 13.3. The van der Waals surface area contributed by atoms with Crippen LogP contribution in [0.5, 0.6) is 0 Å². The number of primary amides is 1. The molecule has 0 spiro atoms. The Hall–Kier alpha value is -1.82. The smallest absolute Gasteiger partial charge is 0.278 e. The van der Waals surface area contributed by atoms with Crippen molar-refractivity contribution in [1.29, 1.82) is 0 Å². The molecule has 1 fully saturated rings. The number of aromatic nitrogens is 1. The summed E-state index contributed by atoms with van der Waals surface area (Å²) < 4.78 is 0. The van der Waals surface area contributed by atoms with Crippen LogP contribution in [-0.2, 0) is 12.8 Å². The fourth-order valence-corrected chi connectivity index (χ4v) is 5.03. The molecule has 3 heterocycles. The van der Waals surface area contributed by atoms with Gasteiger partial charge in [0.2, 0.25) is 0 Å². The van der Waals surface area contributed by atoms with Gasteiger partial charge in [-0.2, -0.15) is 0 Å². The van der Waals surface area contributed by atoms with Crippen molar-refractivity contribution in [3.63, 3.8) is 0 Å². The zero-order valence-corrected chi connectivity index (χ0v) is 14.1. The number of nitrogens with one attached hydrogen (secondary N) is 1. The summed E-state index contributed by atoms with van der Waals surface area (Å²) in [4.78, 5) is 19.2. The molecule has 0 atom stereocenters. The third-order valence-electron chi connectivity index (χ3n) is 5.13. The number of rotatable bonds is 2. The summed E-state index contributed by atoms with van der Waals surface area (Å²) in [7, 11) is 0. The Balaban J connectivity index is 1.95. The van der Waals surface area contributed by atoms with Crippen LogP contribution in [0.25, 0.3) is 10.2 Å². The van der Waals surface area contributed by atoms with Crippen molar-refractivity contribution in [2.24, 2.45) is 5.73 Å². The van der Waals surface area contributed by atoms with Crippen LogP contribution >= 0.6 is 11.3 Å². The monoisotopic (exact) mass is 331 g/mol. The van der Waals surface area contributed by atoms with E-state index in [1.54, 1.807) is 0 Å². The molecule has 0 aromatic carbocycles. The van der Waals surface area contributed by atoms with Crippen molar-refractivity contribution in [1.82, 2.24) is 0 Å². The lowest BCUT2D eigenvalue weighted by atomic mass is 9.89. The van der Waals surface area contributed by atoms with E-state index in [2.05, 4.69) is 9.88 Å². The summed E-state index contributed by atoms with van der Waals surface area (Å²) in [5, 5.41) is 1.04. The molecule has 23 heavy (non-hydrogen) atoms. The maximum atomic E-state index is 11.7. The van der Waals surface area contributed by atoms with Crippen LogP contribution in [0.15, 0.2) is 0 Å². The average molecular weight is 331 g/mol. The minimum Gasteiger partial charge on any atom is -0.397 e. The number of fused-ring (bicyclic) bond motifs is 3. The number of nitrogen functional groups attached to an aromatic ring is 1. The molecular formula is C17H23N4OS+. The SMILES string of the molecule is NC(=O)c1sc2[nH+]c(N3CCCCC3)c3c(c2c1N)CCCC3. The molecule has 1 aliphatic heterocycles. The Morgan fingerprint density at radius 2 is 1.74 bits per heavy atom. The predicted octanol–water partition coefficient (Wildman–Crippen LogP) is 2.27. The summed E-state index contributed by atoms with van der Waals surface area (Å²) in [6.45, 7) is 2.22. The van der Waals surface area contributed by atoms with Gasteiger partial charge in [-0.15, -0.1) is 0 Å². The Morgan fingerprint density at radius 3 is 2.43 bits per heavy atom. The van der Waals surface area contributed by atoms with Gasteiger partial charge in [-0.25, -0.2) is 4.98 Å². The number of piperidine rings is 1. The number of aryl methyl sites for hydroxylation is 1. The van der Waals surface area contributed by atoms with Crippen molar-refractivity contribution < 1.29 is 9.78 Å². The van der Waals surface area contributed by atoms with E-state index in [1.807, 2.05) is 0 Å². The van der Waals surface area contributed by atoms with Gasteiger partial charge in [0.25, 0.3) is 11.7 Å². The number of pyridine rings is 1. The van der Waals surface area contributed by atoms with Gasteiger partial charge in [-0.05, 0) is 50.5 Å². The lowest BCUT2D eigenvalue weighted by molar-refractivity contribution is -0.328. The van der Waals surface area contributed by atoms with E-state index < -0.39 is 5.91 Å². The summed E-state index contributed by atoms with van der Waals surface area (Å²) in [6.07, 6.45) is 8.36. The molecule has 2 aliphatic rings. The highest BCUT2D eigenvalue weighted by atomic mass is 32.1. The summed E-state index contributed by atoms with van der Waals surface area (Å²) in [5.41, 5.74) is 15.1. The van der Waals surface area contributed by atoms with E-state index in [-0.39, 0.29) is 0 Å². The van der Waals surface area contributed by atoms with Crippen molar-refractivity contribution in [3.05, 3.63) is 16.0 Å². The predicted molar refractivity (Wildman–Crippen MR) is 94.0 cm³/mol. The molecule has 1 aliphatic carbocycles. The Bertz CT molecular complexity index is 777. The first-order valence-corrected chi connectivity index (χ1v) is 9.32. The fourth-order valence-electron chi connectivity index (χ4n) is 4.03. The number of hydrogen-bond acceptors (Lipinski definition) is 4. The molecule has 2 aromatic rings. The van der Waals surface area contributed by atoms with Crippen molar-refractivity contribution in [2.75, 3.05) is 23.7 Å². The molecule has 5 N–H and O–H groups in total. The number of nitrogens with two attached hydrogens (primary N) is 2. The third kappa shape index (κ3) is 2.36. The van der Waals surface area contributed by atoms with E-state index >= 15 is 0 Å². The van der Waals surface area contributed by atoms with Gasteiger partial charge in [0.05, 0.1) is 24.2 Å². The van der Waals surface area contributed by atoms with Gasteiger partial charge in [0, 0.05) is 5.56 Å². The molecule has 6 heteroatoms. The Kier molecular flexibility index (Phi) is 3.64. The highest BCUT2D eigenvalue weighted by Crippen LogP contribution is 2.40. The second kappa shape index (κ2) is 5.67. The van der Waals surface area contributed by atoms with Crippen molar-refractivity contribution in [3.8, 4) is 0 Å². The average Bonchev–Trinajstić information content (AvgIpc) is 2.92. The molecule has 5 nitrogen and oxygen atoms in total. The lowest BCUT2D eigenvalue weighted by Crippen LogP contribution is -2.36. The number of anilines is 2. The third-order valence-corrected chi connectivity index (χ3v) is 6.26. The molecule has 0 radical (unpaired) electrons. The van der Waals surface area contributed by atoms with Crippen LogP contribution in [0.3, 0.4) is 0 Å². The minimum atomic E-state index is -0.429. The van der Waals surface area contributed by atoms with Crippen LogP contribution in [0.1, 0.15) is 52.9 Å². The van der Waals surface area contributed by atoms with Gasteiger partial charge in [-0.1, -0.05) is 11.3 Å². The summed E-state index contributed by atoms with van der Waals surface area (Å²) in [6, 6.07) is 0. The van der Waals surface area contributed by atoms with Crippen LogP contribution < -0.4 is 21.4 Å². The highest BCUT2D eigenvalue weighted by Gasteiger charge is 2.30. The van der Waals surface area contributed by atoms with Crippen LogP contribution in [0, 0.1) is 0 Å². The van der Waals surface area contributed by atoms with Gasteiger partial charge >= 0.3 is 0 Å². The minimum absolute atomic E-state index is 0.429. The number of aromatic amines is 1. The number of carbonyl (C=O) groups is 1. The maximum Gasteiger partial charge on any atom is 0.278 e. The van der Waals surface area contributed by atoms with Gasteiger partial charge in [-0.3, -0.25) is 9.69 Å². The molecule has 122 valence electrons. The number of thiophene rings is 1. The van der Waals surface area contributed by atoms with E-state index in [1.165, 1.54) is 60.4 Å². The quantitative estimate of drug-likeness (QED) is 0.885. The fraction of sp³-hybridized carbons (Fsp3) is 0.529. The van der Waals surface area contributed by atoms with E-state index in [0.29, 0.717) is 10.6 Å². The molecule has 4 rings (SSSR count). The molecule has 2 aromatic heterocycles. The number of H-pyrrole nitrogens is 1. The van der Waals surface area contributed by atoms with Crippen LogP contribution in [0.2, 0.25) is 0 Å². The van der Waals surface area contributed by atoms with Crippen LogP contribution in [0.4, 0.5) is 11.5 Å². The van der Waals surface area contributed by atoms with Gasteiger partial charge in [0.1, 0.15) is 4.88 Å². The molecule has 0 unspecified atom stereocenters. The van der Waals surface area contributed by atoms with E-state index in [9.17, 15) is 4.79 Å². The molecule has 1 amide bonds. The number of hydrogen-bond donors (Lipinski definition) is 2. The zero-order chi connectivity index (χ0) is 16.0. The first-order chi connectivity index (χ1) is 11.2. The Morgan fingerprint density at radius 1 is 1.04 bits per heavy atom. The number of nitrogens with zero attached hydrogens (tertiary/aromatic N) is 1. The van der Waals surface area contributed by atoms with Crippen LogP contribution in [-0.4, -0.2) is 19.0 Å². The Labute approximate surface area is 139 Å². The topological polar surface area (TPSA) is 86.5 Å². The molecule has 1 saturated heterocycles. The van der Waals surface area contributed by atoms with E-state index in [4.69, 9.17) is 11.5 Å². The second-order valence-electron chi connectivity index (χ2n) is 6.60. The molecule has 0 bridgehead atoms. The van der Waals surface area contributed by atoms with Gasteiger partial charge in [0.15, 0.2) is 4.83 Å². The molecular weight excluding hydrogens is 308 g/mol. The largest absolute Gasteiger partial charge is 0.397 e. The second-order valence-corrected chi connectivity index (χ2v) is 7.62. The van der Waals surface area contributed by atoms with E-state index in [0.717, 1.165) is 36.1 Å². The number of carbonyl (C=O) groups excluding carboxylic acids is 1. The van der Waals surface area contributed by atoms with Crippen molar-refractivity contribution >= 4 is 39.0 Å². The summed E-state index contributed by atoms with van der Waals surface area (Å²) >= 11 is 1.40. The summed E-state index contributed by atoms with van der Waals surface area (Å²) in [5.74, 6) is 0.824.